The van der Waals surface area contributed by atoms with Gasteiger partial charge in [0.25, 0.3) is 15.9 Å². The monoisotopic (exact) mass is 472 g/mol. The third kappa shape index (κ3) is 5.23. The number of halogens is 1. The molecule has 0 saturated heterocycles. The fourth-order valence-corrected chi connectivity index (χ4v) is 4.93. The SMILES string of the molecule is COc1ccccc1[C@@H](C)NC(=O)c1ccc(Cl)c(S(=O)(=O)Nc2cc(C)ccc2C)c1. The number of carbonyl (C=O) groups is 1. The molecule has 1 amide bonds. The molecular weight excluding hydrogens is 448 g/mol. The molecule has 8 heteroatoms. The summed E-state index contributed by atoms with van der Waals surface area (Å²) in [5.74, 6) is 0.223. The Morgan fingerprint density at radius 3 is 2.47 bits per heavy atom. The molecule has 2 N–H and O–H groups in total. The second-order valence-corrected chi connectivity index (χ2v) is 9.56. The molecule has 0 fully saturated rings. The van der Waals surface area contributed by atoms with Crippen molar-refractivity contribution >= 4 is 33.2 Å². The number of aryl methyl sites for hydroxylation is 2. The summed E-state index contributed by atoms with van der Waals surface area (Å²) in [6, 6.07) is 16.6. The summed E-state index contributed by atoms with van der Waals surface area (Å²) < 4.78 is 34.0. The highest BCUT2D eigenvalue weighted by atomic mass is 35.5. The Bertz CT molecular complexity index is 1260. The van der Waals surface area contributed by atoms with Crippen LogP contribution in [0.15, 0.2) is 65.6 Å². The van der Waals surface area contributed by atoms with E-state index >= 15 is 0 Å². The molecule has 168 valence electrons. The van der Waals surface area contributed by atoms with Crippen LogP contribution in [0.25, 0.3) is 0 Å². The number of hydrogen-bond donors (Lipinski definition) is 2. The molecule has 0 aliphatic heterocycles. The molecule has 3 rings (SSSR count). The lowest BCUT2D eigenvalue weighted by molar-refractivity contribution is 0.0939. The zero-order chi connectivity index (χ0) is 23.5. The summed E-state index contributed by atoms with van der Waals surface area (Å²) in [5.41, 5.74) is 3.13. The largest absolute Gasteiger partial charge is 0.496 e. The smallest absolute Gasteiger partial charge is 0.263 e. The fraction of sp³-hybridized carbons (Fsp3) is 0.208. The standard InChI is InChI=1S/C24H25ClN2O4S/c1-15-9-10-16(2)21(13-15)27-32(29,30)23-14-18(11-12-20(23)25)24(28)26-17(3)19-7-5-6-8-22(19)31-4/h5-14,17,27H,1-4H3,(H,26,28)/t17-/m1/s1. The van der Waals surface area contributed by atoms with Crippen molar-refractivity contribution in [1.29, 1.82) is 0 Å². The molecule has 0 aliphatic carbocycles. The normalized spacial score (nSPS) is 12.2. The molecule has 3 aromatic rings. The van der Waals surface area contributed by atoms with E-state index < -0.39 is 15.9 Å². The van der Waals surface area contributed by atoms with Gasteiger partial charge in [-0.15, -0.1) is 0 Å². The molecule has 0 radical (unpaired) electrons. The summed E-state index contributed by atoms with van der Waals surface area (Å²) in [5, 5.41) is 2.90. The highest BCUT2D eigenvalue weighted by molar-refractivity contribution is 7.92. The van der Waals surface area contributed by atoms with Crippen LogP contribution < -0.4 is 14.8 Å². The van der Waals surface area contributed by atoms with Gasteiger partial charge in [0.2, 0.25) is 0 Å². The van der Waals surface area contributed by atoms with Gasteiger partial charge in [0.1, 0.15) is 10.6 Å². The first-order valence-corrected chi connectivity index (χ1v) is 11.8. The summed E-state index contributed by atoms with van der Waals surface area (Å²) in [6.45, 7) is 5.51. The van der Waals surface area contributed by atoms with E-state index in [0.717, 1.165) is 16.7 Å². The minimum absolute atomic E-state index is 0.0251. The third-order valence-electron chi connectivity index (χ3n) is 5.07. The molecule has 3 aromatic carbocycles. The van der Waals surface area contributed by atoms with E-state index in [2.05, 4.69) is 10.0 Å². The van der Waals surface area contributed by atoms with Crippen LogP contribution in [0.3, 0.4) is 0 Å². The van der Waals surface area contributed by atoms with E-state index in [9.17, 15) is 13.2 Å². The van der Waals surface area contributed by atoms with Gasteiger partial charge in [-0.1, -0.05) is 41.9 Å². The van der Waals surface area contributed by atoms with Crippen molar-refractivity contribution in [2.75, 3.05) is 11.8 Å². The number of methoxy groups -OCH3 is 1. The van der Waals surface area contributed by atoms with Crippen molar-refractivity contribution in [3.8, 4) is 5.75 Å². The van der Waals surface area contributed by atoms with Gasteiger partial charge in [0, 0.05) is 11.1 Å². The van der Waals surface area contributed by atoms with Gasteiger partial charge >= 0.3 is 0 Å². The minimum atomic E-state index is -4.01. The van der Waals surface area contributed by atoms with E-state index in [-0.39, 0.29) is 21.5 Å². The van der Waals surface area contributed by atoms with Crippen LogP contribution >= 0.6 is 11.6 Å². The van der Waals surface area contributed by atoms with Gasteiger partial charge in [0.15, 0.2) is 0 Å². The van der Waals surface area contributed by atoms with E-state index in [1.165, 1.54) is 18.2 Å². The van der Waals surface area contributed by atoms with Gasteiger partial charge in [0.05, 0.1) is 23.9 Å². The quantitative estimate of drug-likeness (QED) is 0.491. The Balaban J connectivity index is 1.87. The predicted molar refractivity (Wildman–Crippen MR) is 127 cm³/mol. The number of rotatable bonds is 7. The van der Waals surface area contributed by atoms with E-state index in [4.69, 9.17) is 16.3 Å². The summed E-state index contributed by atoms with van der Waals surface area (Å²) in [4.78, 5) is 12.7. The number of ether oxygens (including phenoxy) is 1. The maximum Gasteiger partial charge on any atom is 0.263 e. The Morgan fingerprint density at radius 1 is 1.03 bits per heavy atom. The van der Waals surface area contributed by atoms with Crippen LogP contribution in [0.5, 0.6) is 5.75 Å². The number of sulfonamides is 1. The Kier molecular flexibility index (Phi) is 7.11. The van der Waals surface area contributed by atoms with Gasteiger partial charge in [-0.25, -0.2) is 8.42 Å². The van der Waals surface area contributed by atoms with Gasteiger partial charge < -0.3 is 10.1 Å². The number of carbonyl (C=O) groups excluding carboxylic acids is 1. The number of anilines is 1. The molecule has 0 aliphatic rings. The Hall–Kier alpha value is -3.03. The van der Waals surface area contributed by atoms with Crippen molar-refractivity contribution in [3.05, 3.63) is 87.9 Å². The van der Waals surface area contributed by atoms with Crippen molar-refractivity contribution in [2.45, 2.75) is 31.7 Å². The zero-order valence-corrected chi connectivity index (χ0v) is 19.8. The van der Waals surface area contributed by atoms with Crippen molar-refractivity contribution in [2.24, 2.45) is 0 Å². The molecule has 32 heavy (non-hydrogen) atoms. The molecule has 1 atom stereocenters. The minimum Gasteiger partial charge on any atom is -0.496 e. The maximum absolute atomic E-state index is 13.0. The van der Waals surface area contributed by atoms with Gasteiger partial charge in [-0.3, -0.25) is 9.52 Å². The van der Waals surface area contributed by atoms with E-state index in [0.29, 0.717) is 11.4 Å². The number of hydrogen-bond acceptors (Lipinski definition) is 4. The molecule has 0 spiro atoms. The lowest BCUT2D eigenvalue weighted by Crippen LogP contribution is -2.27. The highest BCUT2D eigenvalue weighted by Gasteiger charge is 2.22. The van der Waals surface area contributed by atoms with Crippen LogP contribution in [0.2, 0.25) is 5.02 Å². The maximum atomic E-state index is 13.0. The molecule has 0 saturated carbocycles. The number of benzene rings is 3. The molecule has 0 unspecified atom stereocenters. The summed E-state index contributed by atoms with van der Waals surface area (Å²) in [6.07, 6.45) is 0. The van der Waals surface area contributed by atoms with Crippen LogP contribution in [-0.4, -0.2) is 21.4 Å². The first kappa shape index (κ1) is 23.6. The molecule has 0 aromatic heterocycles. The zero-order valence-electron chi connectivity index (χ0n) is 18.3. The molecular formula is C24H25ClN2O4S. The van der Waals surface area contributed by atoms with E-state index in [1.807, 2.05) is 57.2 Å². The van der Waals surface area contributed by atoms with Gasteiger partial charge in [-0.2, -0.15) is 0 Å². The van der Waals surface area contributed by atoms with Gasteiger partial charge in [-0.05, 0) is 62.2 Å². The third-order valence-corrected chi connectivity index (χ3v) is 6.92. The summed E-state index contributed by atoms with van der Waals surface area (Å²) in [7, 11) is -2.45. The highest BCUT2D eigenvalue weighted by Crippen LogP contribution is 2.28. The average molecular weight is 473 g/mol. The molecule has 0 heterocycles. The first-order chi connectivity index (χ1) is 15.1. The van der Waals surface area contributed by atoms with E-state index in [1.54, 1.807) is 13.2 Å². The van der Waals surface area contributed by atoms with Crippen LogP contribution in [0.1, 0.15) is 40.0 Å². The van der Waals surface area contributed by atoms with Crippen LogP contribution in [-0.2, 0) is 10.0 Å². The predicted octanol–water partition coefficient (Wildman–Crippen LogP) is 5.26. The van der Waals surface area contributed by atoms with Crippen molar-refractivity contribution in [1.82, 2.24) is 5.32 Å². The fourth-order valence-electron chi connectivity index (χ4n) is 3.28. The van der Waals surface area contributed by atoms with Crippen LogP contribution in [0, 0.1) is 13.8 Å². The molecule has 0 bridgehead atoms. The summed E-state index contributed by atoms with van der Waals surface area (Å²) >= 11 is 6.20. The number of para-hydroxylation sites is 1. The van der Waals surface area contributed by atoms with Crippen LogP contribution in [0.4, 0.5) is 5.69 Å². The lowest BCUT2D eigenvalue weighted by atomic mass is 10.1. The first-order valence-electron chi connectivity index (χ1n) is 9.96. The Labute approximate surface area is 193 Å². The second kappa shape index (κ2) is 9.63. The Morgan fingerprint density at radius 2 is 1.75 bits per heavy atom. The lowest BCUT2D eigenvalue weighted by Gasteiger charge is -2.18. The number of amides is 1. The second-order valence-electron chi connectivity index (χ2n) is 7.51. The topological polar surface area (TPSA) is 84.5 Å². The average Bonchev–Trinajstić information content (AvgIpc) is 2.76. The van der Waals surface area contributed by atoms with Crippen molar-refractivity contribution < 1.29 is 17.9 Å². The van der Waals surface area contributed by atoms with Crippen molar-refractivity contribution in [3.63, 3.8) is 0 Å². The number of nitrogens with one attached hydrogen (secondary N) is 2. The molecule has 6 nitrogen and oxygen atoms in total.